The normalized spacial score (nSPS) is 15.4. The van der Waals surface area contributed by atoms with E-state index in [9.17, 15) is 4.79 Å². The Morgan fingerprint density at radius 2 is 2.04 bits per heavy atom. The molecular weight excluding hydrogens is 358 g/mol. The zero-order valence-electron chi connectivity index (χ0n) is 16.2. The van der Waals surface area contributed by atoms with Gasteiger partial charge in [-0.05, 0) is 36.1 Å². The minimum absolute atomic E-state index is 0.0690. The molecule has 1 N–H and O–H groups in total. The summed E-state index contributed by atoms with van der Waals surface area (Å²) in [7, 11) is 3.15. The van der Waals surface area contributed by atoms with E-state index in [-0.39, 0.29) is 12.3 Å². The Hall–Kier alpha value is -3.15. The lowest BCUT2D eigenvalue weighted by Gasteiger charge is -2.19. The van der Waals surface area contributed by atoms with Crippen LogP contribution < -0.4 is 14.8 Å². The first-order chi connectivity index (χ1) is 13.7. The SMILES string of the molecule is COc1ccc(CC(=O)NCCC2=COC=C(C3=CC=CCC3)O2)cc1OC. The number of carbonyl (C=O) groups is 1. The molecule has 1 aromatic carbocycles. The molecule has 3 rings (SSSR count). The molecule has 1 heterocycles. The van der Waals surface area contributed by atoms with Crippen LogP contribution in [0.15, 0.2) is 66.0 Å². The Morgan fingerprint density at radius 3 is 2.79 bits per heavy atom. The van der Waals surface area contributed by atoms with E-state index in [4.69, 9.17) is 18.9 Å². The summed E-state index contributed by atoms with van der Waals surface area (Å²) in [5, 5.41) is 2.91. The fourth-order valence-electron chi connectivity index (χ4n) is 2.98. The lowest BCUT2D eigenvalue weighted by molar-refractivity contribution is -0.120. The summed E-state index contributed by atoms with van der Waals surface area (Å²) in [4.78, 5) is 12.2. The molecule has 0 atom stereocenters. The van der Waals surface area contributed by atoms with Crippen LogP contribution in [0, 0.1) is 0 Å². The second-order valence-corrected chi connectivity index (χ2v) is 6.43. The highest BCUT2D eigenvalue weighted by Gasteiger charge is 2.15. The van der Waals surface area contributed by atoms with Crippen molar-refractivity contribution < 1.29 is 23.7 Å². The predicted molar refractivity (Wildman–Crippen MR) is 106 cm³/mol. The van der Waals surface area contributed by atoms with Gasteiger partial charge in [-0.2, -0.15) is 0 Å². The molecule has 0 saturated heterocycles. The molecule has 1 aromatic rings. The Balaban J connectivity index is 1.45. The number of allylic oxidation sites excluding steroid dienone is 4. The van der Waals surface area contributed by atoms with Gasteiger partial charge in [0.05, 0.1) is 20.6 Å². The topological polar surface area (TPSA) is 66.0 Å². The number of nitrogens with one attached hydrogen (secondary N) is 1. The zero-order chi connectivity index (χ0) is 19.8. The van der Waals surface area contributed by atoms with Gasteiger partial charge in [0.2, 0.25) is 5.91 Å². The molecule has 0 aromatic heterocycles. The van der Waals surface area contributed by atoms with Crippen molar-refractivity contribution in [2.75, 3.05) is 20.8 Å². The van der Waals surface area contributed by atoms with Crippen LogP contribution in [0.4, 0.5) is 0 Å². The molecule has 6 heteroatoms. The molecule has 28 heavy (non-hydrogen) atoms. The van der Waals surface area contributed by atoms with Crippen molar-refractivity contribution in [3.05, 3.63) is 71.6 Å². The lowest BCUT2D eigenvalue weighted by atomic mass is 10.0. The van der Waals surface area contributed by atoms with Crippen molar-refractivity contribution in [3.8, 4) is 11.5 Å². The maximum Gasteiger partial charge on any atom is 0.224 e. The highest BCUT2D eigenvalue weighted by molar-refractivity contribution is 5.78. The molecule has 0 unspecified atom stereocenters. The minimum Gasteiger partial charge on any atom is -0.493 e. The Kier molecular flexibility index (Phi) is 6.78. The molecule has 6 nitrogen and oxygen atoms in total. The fraction of sp³-hybridized carbons (Fsp3) is 0.318. The van der Waals surface area contributed by atoms with Crippen LogP contribution in [0.2, 0.25) is 0 Å². The number of ether oxygens (including phenoxy) is 4. The van der Waals surface area contributed by atoms with E-state index >= 15 is 0 Å². The summed E-state index contributed by atoms with van der Waals surface area (Å²) in [5.41, 5.74) is 1.97. The second kappa shape index (κ2) is 9.69. The van der Waals surface area contributed by atoms with Crippen molar-refractivity contribution in [3.63, 3.8) is 0 Å². The fourth-order valence-corrected chi connectivity index (χ4v) is 2.98. The number of carbonyl (C=O) groups excluding carboxylic acids is 1. The van der Waals surface area contributed by atoms with Crippen LogP contribution in [0.25, 0.3) is 0 Å². The quantitative estimate of drug-likeness (QED) is 0.740. The third kappa shape index (κ3) is 5.19. The van der Waals surface area contributed by atoms with Crippen molar-refractivity contribution in [2.24, 2.45) is 0 Å². The lowest BCUT2D eigenvalue weighted by Crippen LogP contribution is -2.26. The molecule has 0 saturated carbocycles. The van der Waals surface area contributed by atoms with E-state index in [1.54, 1.807) is 32.8 Å². The van der Waals surface area contributed by atoms with Gasteiger partial charge < -0.3 is 24.3 Å². The van der Waals surface area contributed by atoms with E-state index in [1.165, 1.54) is 0 Å². The van der Waals surface area contributed by atoms with Crippen LogP contribution in [-0.4, -0.2) is 26.7 Å². The van der Waals surface area contributed by atoms with Crippen molar-refractivity contribution >= 4 is 5.91 Å². The Labute approximate surface area is 165 Å². The molecule has 148 valence electrons. The number of hydrogen-bond acceptors (Lipinski definition) is 5. The summed E-state index contributed by atoms with van der Waals surface area (Å²) in [6.45, 7) is 0.466. The first kappa shape index (κ1) is 19.6. The monoisotopic (exact) mass is 383 g/mol. The summed E-state index contributed by atoms with van der Waals surface area (Å²) in [6, 6.07) is 5.45. The predicted octanol–water partition coefficient (Wildman–Crippen LogP) is 3.76. The number of amides is 1. The first-order valence-corrected chi connectivity index (χ1v) is 9.26. The molecule has 0 spiro atoms. The van der Waals surface area contributed by atoms with E-state index in [0.29, 0.717) is 30.2 Å². The average molecular weight is 383 g/mol. The maximum atomic E-state index is 12.2. The van der Waals surface area contributed by atoms with E-state index in [2.05, 4.69) is 11.4 Å². The molecule has 0 radical (unpaired) electrons. The van der Waals surface area contributed by atoms with Gasteiger partial charge in [-0.15, -0.1) is 0 Å². The highest BCUT2D eigenvalue weighted by atomic mass is 16.5. The third-order valence-corrected chi connectivity index (χ3v) is 4.45. The average Bonchev–Trinajstić information content (AvgIpc) is 2.74. The van der Waals surface area contributed by atoms with E-state index < -0.39 is 0 Å². The van der Waals surface area contributed by atoms with Gasteiger partial charge in [-0.1, -0.05) is 24.3 Å². The van der Waals surface area contributed by atoms with Gasteiger partial charge in [0.25, 0.3) is 0 Å². The zero-order valence-corrected chi connectivity index (χ0v) is 16.2. The second-order valence-electron chi connectivity index (χ2n) is 6.43. The van der Waals surface area contributed by atoms with Crippen molar-refractivity contribution in [2.45, 2.75) is 25.7 Å². The van der Waals surface area contributed by atoms with Crippen LogP contribution in [-0.2, 0) is 20.7 Å². The Bertz CT molecular complexity index is 835. The number of hydrogen-bond donors (Lipinski definition) is 1. The Morgan fingerprint density at radius 1 is 1.18 bits per heavy atom. The van der Waals surface area contributed by atoms with E-state index in [0.717, 1.165) is 29.7 Å². The number of benzene rings is 1. The third-order valence-electron chi connectivity index (χ3n) is 4.45. The maximum absolute atomic E-state index is 12.2. The smallest absolute Gasteiger partial charge is 0.224 e. The van der Waals surface area contributed by atoms with Gasteiger partial charge in [-0.25, -0.2) is 0 Å². The summed E-state index contributed by atoms with van der Waals surface area (Å²) < 4.78 is 21.8. The van der Waals surface area contributed by atoms with Crippen LogP contribution in [0.1, 0.15) is 24.8 Å². The molecule has 1 aliphatic carbocycles. The van der Waals surface area contributed by atoms with Gasteiger partial charge in [0.15, 0.2) is 17.3 Å². The summed E-state index contributed by atoms with van der Waals surface area (Å²) >= 11 is 0. The molecule has 0 fully saturated rings. The summed E-state index contributed by atoms with van der Waals surface area (Å²) in [5.74, 6) is 2.61. The van der Waals surface area contributed by atoms with Gasteiger partial charge in [-0.3, -0.25) is 4.79 Å². The number of rotatable bonds is 8. The molecule has 2 aliphatic rings. The van der Waals surface area contributed by atoms with Crippen LogP contribution in [0.5, 0.6) is 11.5 Å². The van der Waals surface area contributed by atoms with Crippen molar-refractivity contribution in [1.29, 1.82) is 0 Å². The van der Waals surface area contributed by atoms with Gasteiger partial charge in [0.1, 0.15) is 18.3 Å². The van der Waals surface area contributed by atoms with E-state index in [1.807, 2.05) is 24.3 Å². The molecule has 0 bridgehead atoms. The molecule has 1 aliphatic heterocycles. The minimum atomic E-state index is -0.0690. The molecule has 1 amide bonds. The van der Waals surface area contributed by atoms with Gasteiger partial charge in [0, 0.05) is 13.0 Å². The van der Waals surface area contributed by atoms with Gasteiger partial charge >= 0.3 is 0 Å². The molecular formula is C22H25NO5. The first-order valence-electron chi connectivity index (χ1n) is 9.26. The summed E-state index contributed by atoms with van der Waals surface area (Å²) in [6.07, 6.45) is 12.1. The standard InChI is InChI=1S/C22H25NO5/c1-25-19-9-8-16(12-20(19)26-2)13-22(24)23-11-10-18-14-27-15-21(28-18)17-6-4-3-5-7-17/h3-4,6,8-9,12,14-15H,5,7,10-11,13H2,1-2H3,(H,23,24). The van der Waals surface area contributed by atoms with Crippen LogP contribution >= 0.6 is 0 Å². The highest BCUT2D eigenvalue weighted by Crippen LogP contribution is 2.28. The largest absolute Gasteiger partial charge is 0.493 e. The number of methoxy groups -OCH3 is 2. The van der Waals surface area contributed by atoms with Crippen LogP contribution in [0.3, 0.4) is 0 Å². The van der Waals surface area contributed by atoms with Crippen molar-refractivity contribution in [1.82, 2.24) is 5.32 Å².